The lowest BCUT2D eigenvalue weighted by Crippen LogP contribution is -2.15. The number of rotatable bonds is 5. The number of carbonyl (C=O) groups is 2. The quantitative estimate of drug-likeness (QED) is 0.536. The molecular formula is C20H17BrO5. The van der Waals surface area contributed by atoms with Gasteiger partial charge in [0.25, 0.3) is 0 Å². The van der Waals surface area contributed by atoms with Crippen LogP contribution in [0.5, 0.6) is 11.5 Å². The van der Waals surface area contributed by atoms with Crippen molar-refractivity contribution in [3.63, 3.8) is 0 Å². The van der Waals surface area contributed by atoms with E-state index in [4.69, 9.17) is 14.2 Å². The third-order valence-corrected chi connectivity index (χ3v) is 4.33. The van der Waals surface area contributed by atoms with E-state index in [1.54, 1.807) is 32.1 Å². The number of fused-ring (bicyclic) bond motifs is 1. The molecule has 0 N–H and O–H groups in total. The van der Waals surface area contributed by atoms with Gasteiger partial charge in [0, 0.05) is 10.0 Å². The van der Waals surface area contributed by atoms with Crippen LogP contribution in [0.25, 0.3) is 6.08 Å². The highest BCUT2D eigenvalue weighted by Gasteiger charge is 2.30. The van der Waals surface area contributed by atoms with Gasteiger partial charge in [-0.25, -0.2) is 4.79 Å². The number of hydrogen-bond acceptors (Lipinski definition) is 5. The first kappa shape index (κ1) is 18.2. The van der Waals surface area contributed by atoms with Crippen LogP contribution in [0.1, 0.15) is 28.4 Å². The zero-order valence-corrected chi connectivity index (χ0v) is 16.0. The van der Waals surface area contributed by atoms with Crippen molar-refractivity contribution < 1.29 is 23.8 Å². The molecule has 2 aromatic rings. The number of benzene rings is 2. The molecule has 26 heavy (non-hydrogen) atoms. The predicted octanol–water partition coefficient (Wildman–Crippen LogP) is 4.32. The second kappa shape index (κ2) is 7.74. The molecular weight excluding hydrogens is 400 g/mol. The normalized spacial score (nSPS) is 14.1. The van der Waals surface area contributed by atoms with E-state index in [-0.39, 0.29) is 18.1 Å². The minimum atomic E-state index is -0.445. The maximum Gasteiger partial charge on any atom is 0.344 e. The van der Waals surface area contributed by atoms with E-state index >= 15 is 0 Å². The fraction of sp³-hybridized carbons (Fsp3) is 0.200. The number of carbonyl (C=O) groups excluding carboxylic acids is 2. The molecule has 6 heteroatoms. The van der Waals surface area contributed by atoms with Crippen molar-refractivity contribution in [1.82, 2.24) is 0 Å². The predicted molar refractivity (Wildman–Crippen MR) is 100 cm³/mol. The summed E-state index contributed by atoms with van der Waals surface area (Å²) in [5.74, 6) is 0.564. The first-order chi connectivity index (χ1) is 12.5. The highest BCUT2D eigenvalue weighted by molar-refractivity contribution is 9.10. The summed E-state index contributed by atoms with van der Waals surface area (Å²) in [6.45, 7) is 3.63. The lowest BCUT2D eigenvalue weighted by atomic mass is 10.1. The average Bonchev–Trinajstić information content (AvgIpc) is 2.92. The van der Waals surface area contributed by atoms with E-state index in [2.05, 4.69) is 15.9 Å². The molecule has 134 valence electrons. The molecule has 0 aromatic heterocycles. The van der Waals surface area contributed by atoms with Crippen molar-refractivity contribution in [3.05, 3.63) is 63.3 Å². The van der Waals surface area contributed by atoms with Crippen LogP contribution in [0.3, 0.4) is 0 Å². The lowest BCUT2D eigenvalue weighted by Gasteiger charge is -2.10. The Morgan fingerprint density at radius 2 is 2.08 bits per heavy atom. The Bertz CT molecular complexity index is 901. The van der Waals surface area contributed by atoms with Crippen molar-refractivity contribution in [2.24, 2.45) is 0 Å². The number of ether oxygens (including phenoxy) is 3. The molecule has 0 aliphatic carbocycles. The summed E-state index contributed by atoms with van der Waals surface area (Å²) in [7, 11) is 0. The van der Waals surface area contributed by atoms with Gasteiger partial charge in [-0.2, -0.15) is 0 Å². The van der Waals surface area contributed by atoms with Crippen LogP contribution in [-0.4, -0.2) is 25.0 Å². The summed E-state index contributed by atoms with van der Waals surface area (Å²) in [5, 5.41) is 0. The standard InChI is InChI=1S/C20H17BrO5/c1-3-24-18(22)11-25-16-8-7-15-19(23)17(26-20(15)12(16)2)10-13-5-4-6-14(21)9-13/h4-10H,3,11H2,1-2H3/b17-10-. The van der Waals surface area contributed by atoms with Crippen LogP contribution in [0.2, 0.25) is 0 Å². The number of halogens is 1. The zero-order chi connectivity index (χ0) is 18.7. The minimum Gasteiger partial charge on any atom is -0.481 e. The van der Waals surface area contributed by atoms with Crippen molar-refractivity contribution >= 4 is 33.8 Å². The van der Waals surface area contributed by atoms with E-state index in [1.165, 1.54) is 0 Å². The molecule has 0 saturated heterocycles. The van der Waals surface area contributed by atoms with Crippen LogP contribution in [0.15, 0.2) is 46.6 Å². The van der Waals surface area contributed by atoms with E-state index in [0.717, 1.165) is 10.0 Å². The molecule has 0 bridgehead atoms. The maximum atomic E-state index is 12.6. The minimum absolute atomic E-state index is 0.181. The number of hydrogen-bond donors (Lipinski definition) is 0. The molecule has 0 spiro atoms. The van der Waals surface area contributed by atoms with Gasteiger partial charge < -0.3 is 14.2 Å². The first-order valence-corrected chi connectivity index (χ1v) is 8.90. The molecule has 2 aromatic carbocycles. The van der Waals surface area contributed by atoms with Crippen LogP contribution < -0.4 is 9.47 Å². The molecule has 1 heterocycles. The lowest BCUT2D eigenvalue weighted by molar-refractivity contribution is -0.145. The van der Waals surface area contributed by atoms with Crippen molar-refractivity contribution in [2.75, 3.05) is 13.2 Å². The Kier molecular flexibility index (Phi) is 5.42. The van der Waals surface area contributed by atoms with Gasteiger partial charge in [-0.05, 0) is 49.8 Å². The highest BCUT2D eigenvalue weighted by Crippen LogP contribution is 2.39. The van der Waals surface area contributed by atoms with Gasteiger partial charge in [-0.3, -0.25) is 4.79 Å². The molecule has 0 amide bonds. The van der Waals surface area contributed by atoms with Crippen LogP contribution in [-0.2, 0) is 9.53 Å². The topological polar surface area (TPSA) is 61.8 Å². The summed E-state index contributed by atoms with van der Waals surface area (Å²) in [4.78, 5) is 24.0. The molecule has 3 rings (SSSR count). The zero-order valence-electron chi connectivity index (χ0n) is 14.4. The fourth-order valence-electron chi connectivity index (χ4n) is 2.61. The van der Waals surface area contributed by atoms with Gasteiger partial charge in [0.2, 0.25) is 5.78 Å². The third-order valence-electron chi connectivity index (χ3n) is 3.83. The summed E-state index contributed by atoms with van der Waals surface area (Å²) in [6, 6.07) is 10.9. The van der Waals surface area contributed by atoms with Gasteiger partial charge in [0.05, 0.1) is 12.2 Å². The second-order valence-electron chi connectivity index (χ2n) is 5.65. The molecule has 0 saturated carbocycles. The summed E-state index contributed by atoms with van der Waals surface area (Å²) in [6.07, 6.45) is 1.70. The largest absolute Gasteiger partial charge is 0.481 e. The number of Topliss-reactive ketones (excluding diaryl/α,β-unsaturated/α-hetero) is 1. The Balaban J connectivity index is 1.83. The van der Waals surface area contributed by atoms with Gasteiger partial charge in [-0.15, -0.1) is 0 Å². The monoisotopic (exact) mass is 416 g/mol. The molecule has 0 atom stereocenters. The van der Waals surface area contributed by atoms with Gasteiger partial charge in [0.1, 0.15) is 11.5 Å². The SMILES string of the molecule is CCOC(=O)COc1ccc2c(c1C)O/C(=C\c1cccc(Br)c1)C2=O. The van der Waals surface area contributed by atoms with Gasteiger partial charge in [0.15, 0.2) is 12.4 Å². The molecule has 0 fully saturated rings. The average molecular weight is 417 g/mol. The number of esters is 1. The van der Waals surface area contributed by atoms with Crippen molar-refractivity contribution in [2.45, 2.75) is 13.8 Å². The Labute approximate surface area is 159 Å². The van der Waals surface area contributed by atoms with E-state index in [0.29, 0.717) is 29.2 Å². The van der Waals surface area contributed by atoms with E-state index < -0.39 is 5.97 Å². The van der Waals surface area contributed by atoms with E-state index in [9.17, 15) is 9.59 Å². The van der Waals surface area contributed by atoms with Crippen LogP contribution in [0.4, 0.5) is 0 Å². The Morgan fingerprint density at radius 3 is 2.81 bits per heavy atom. The molecule has 1 aliphatic rings. The Hall–Kier alpha value is -2.60. The maximum absolute atomic E-state index is 12.6. The molecule has 1 aliphatic heterocycles. The summed E-state index contributed by atoms with van der Waals surface area (Å²) < 4.78 is 17.0. The molecule has 5 nitrogen and oxygen atoms in total. The summed E-state index contributed by atoms with van der Waals surface area (Å²) >= 11 is 3.41. The van der Waals surface area contributed by atoms with Crippen LogP contribution >= 0.6 is 15.9 Å². The van der Waals surface area contributed by atoms with Crippen molar-refractivity contribution in [3.8, 4) is 11.5 Å². The van der Waals surface area contributed by atoms with Crippen molar-refractivity contribution in [1.29, 1.82) is 0 Å². The molecule has 0 radical (unpaired) electrons. The number of allylic oxidation sites excluding steroid dienone is 1. The van der Waals surface area contributed by atoms with E-state index in [1.807, 2.05) is 24.3 Å². The molecule has 0 unspecified atom stereocenters. The smallest absolute Gasteiger partial charge is 0.344 e. The second-order valence-corrected chi connectivity index (χ2v) is 6.57. The fourth-order valence-corrected chi connectivity index (χ4v) is 3.03. The van der Waals surface area contributed by atoms with Crippen LogP contribution in [0, 0.1) is 6.92 Å². The highest BCUT2D eigenvalue weighted by atomic mass is 79.9. The Morgan fingerprint density at radius 1 is 1.27 bits per heavy atom. The van der Waals surface area contributed by atoms with Gasteiger partial charge in [-0.1, -0.05) is 28.1 Å². The first-order valence-electron chi connectivity index (χ1n) is 8.11. The number of ketones is 1. The van der Waals surface area contributed by atoms with Gasteiger partial charge >= 0.3 is 5.97 Å². The third kappa shape index (κ3) is 3.80. The summed E-state index contributed by atoms with van der Waals surface area (Å²) in [5.41, 5.74) is 2.00.